The van der Waals surface area contributed by atoms with Crippen LogP contribution in [0.3, 0.4) is 0 Å². The maximum Gasteiger partial charge on any atom is 0.338 e. The topological polar surface area (TPSA) is 69.9 Å². The number of aromatic nitrogens is 1. The molecule has 5 rings (SSSR count). The number of hydrogen-bond acceptors (Lipinski definition) is 6. The first-order valence-corrected chi connectivity index (χ1v) is 12.8. The number of esters is 1. The van der Waals surface area contributed by atoms with Gasteiger partial charge in [-0.15, -0.1) is 0 Å². The maximum atomic E-state index is 13.8. The predicted molar refractivity (Wildman–Crippen MR) is 142 cm³/mol. The predicted octanol–water partition coefficient (Wildman–Crippen LogP) is 4.31. The molecule has 2 unspecified atom stereocenters. The van der Waals surface area contributed by atoms with Gasteiger partial charge in [-0.1, -0.05) is 59.4 Å². The smallest absolute Gasteiger partial charge is 0.338 e. The number of aryl methyl sites for hydroxylation is 1. The zero-order chi connectivity index (χ0) is 25.6. The van der Waals surface area contributed by atoms with Crippen molar-refractivity contribution in [3.8, 4) is 5.75 Å². The Kier molecular flexibility index (Phi) is 6.26. The van der Waals surface area contributed by atoms with E-state index < -0.39 is 12.0 Å². The highest BCUT2D eigenvalue weighted by molar-refractivity contribution is 7.07. The number of fused-ring (bicyclic) bond motifs is 2. The van der Waals surface area contributed by atoms with Crippen molar-refractivity contribution >= 4 is 29.5 Å². The number of allylic oxidation sites excluding steroid dienone is 1. The lowest BCUT2D eigenvalue weighted by molar-refractivity contribution is -0.143. The molecule has 2 aliphatic heterocycles. The SMILES string of the molecule is CC1=C(C(=O)OC(C)C)C(c2ccc(C)cc2)n2c(sc(=CC3=Cc4ccccc4OC3C)c2=O)=N1. The van der Waals surface area contributed by atoms with Crippen LogP contribution in [0.2, 0.25) is 0 Å². The highest BCUT2D eigenvalue weighted by atomic mass is 32.1. The van der Waals surface area contributed by atoms with E-state index in [2.05, 4.69) is 11.1 Å². The Hall–Kier alpha value is -3.71. The normalized spacial score (nSPS) is 19.3. The Morgan fingerprint density at radius 3 is 2.58 bits per heavy atom. The summed E-state index contributed by atoms with van der Waals surface area (Å²) in [5, 5.41) is 0. The number of benzene rings is 2. The lowest BCUT2D eigenvalue weighted by Gasteiger charge is -2.25. The summed E-state index contributed by atoms with van der Waals surface area (Å²) >= 11 is 1.32. The van der Waals surface area contributed by atoms with Crippen LogP contribution in [0.25, 0.3) is 12.2 Å². The summed E-state index contributed by atoms with van der Waals surface area (Å²) in [6, 6.07) is 15.1. The Balaban J connectivity index is 1.69. The van der Waals surface area contributed by atoms with E-state index in [4.69, 9.17) is 9.47 Å². The van der Waals surface area contributed by atoms with Crippen LogP contribution in [-0.4, -0.2) is 22.7 Å². The van der Waals surface area contributed by atoms with Gasteiger partial charge < -0.3 is 9.47 Å². The Labute approximate surface area is 213 Å². The second-order valence-electron chi connectivity index (χ2n) is 9.39. The van der Waals surface area contributed by atoms with Crippen LogP contribution in [0, 0.1) is 6.92 Å². The van der Waals surface area contributed by atoms with Gasteiger partial charge in [0.25, 0.3) is 5.56 Å². The summed E-state index contributed by atoms with van der Waals surface area (Å²) in [5.74, 6) is 0.367. The molecule has 184 valence electrons. The van der Waals surface area contributed by atoms with Crippen molar-refractivity contribution in [2.45, 2.75) is 52.9 Å². The van der Waals surface area contributed by atoms with Gasteiger partial charge in [0.15, 0.2) is 4.80 Å². The molecule has 0 saturated heterocycles. The number of hydrogen-bond donors (Lipinski definition) is 0. The van der Waals surface area contributed by atoms with E-state index in [0.29, 0.717) is 20.6 Å². The molecule has 0 amide bonds. The van der Waals surface area contributed by atoms with Crippen LogP contribution in [0.1, 0.15) is 50.4 Å². The fourth-order valence-corrected chi connectivity index (χ4v) is 5.54. The summed E-state index contributed by atoms with van der Waals surface area (Å²) in [5.41, 5.74) is 4.55. The van der Waals surface area contributed by atoms with Gasteiger partial charge in [0.2, 0.25) is 0 Å². The van der Waals surface area contributed by atoms with E-state index in [0.717, 1.165) is 28.0 Å². The molecule has 0 aliphatic carbocycles. The average molecular weight is 501 g/mol. The lowest BCUT2D eigenvalue weighted by Crippen LogP contribution is -2.40. The highest BCUT2D eigenvalue weighted by Gasteiger charge is 2.33. The third-order valence-corrected chi connectivity index (χ3v) is 7.27. The molecule has 7 heteroatoms. The molecule has 1 aromatic heterocycles. The van der Waals surface area contributed by atoms with Crippen LogP contribution in [0.15, 0.2) is 75.2 Å². The van der Waals surface area contributed by atoms with Gasteiger partial charge in [0.05, 0.1) is 27.9 Å². The number of rotatable bonds is 4. The van der Waals surface area contributed by atoms with Gasteiger partial charge in [0.1, 0.15) is 11.9 Å². The van der Waals surface area contributed by atoms with Crippen molar-refractivity contribution in [3.05, 3.63) is 102 Å². The number of carbonyl (C=O) groups is 1. The number of nitrogens with zero attached hydrogens (tertiary/aromatic N) is 2. The minimum absolute atomic E-state index is 0.196. The number of para-hydroxylation sites is 1. The molecule has 0 fully saturated rings. The molecule has 36 heavy (non-hydrogen) atoms. The summed E-state index contributed by atoms with van der Waals surface area (Å²) in [4.78, 5) is 32.2. The van der Waals surface area contributed by atoms with Crippen LogP contribution in [-0.2, 0) is 9.53 Å². The van der Waals surface area contributed by atoms with Crippen molar-refractivity contribution in [1.29, 1.82) is 0 Å². The molecular formula is C29H28N2O4S. The third-order valence-electron chi connectivity index (χ3n) is 6.29. The quantitative estimate of drug-likeness (QED) is 0.501. The van der Waals surface area contributed by atoms with Gasteiger partial charge in [-0.25, -0.2) is 9.79 Å². The largest absolute Gasteiger partial charge is 0.485 e. The monoisotopic (exact) mass is 500 g/mol. The number of thiazole rings is 1. The Morgan fingerprint density at radius 2 is 1.86 bits per heavy atom. The van der Waals surface area contributed by atoms with Crippen molar-refractivity contribution in [2.24, 2.45) is 4.99 Å². The highest BCUT2D eigenvalue weighted by Crippen LogP contribution is 2.32. The van der Waals surface area contributed by atoms with Gasteiger partial charge in [-0.05, 0) is 64.0 Å². The molecule has 0 N–H and O–H groups in total. The fraction of sp³-hybridized carbons (Fsp3) is 0.276. The van der Waals surface area contributed by atoms with Gasteiger partial charge in [-0.3, -0.25) is 9.36 Å². The van der Waals surface area contributed by atoms with Crippen LogP contribution >= 0.6 is 11.3 Å². The molecule has 3 aromatic rings. The van der Waals surface area contributed by atoms with Gasteiger partial charge >= 0.3 is 5.97 Å². The third kappa shape index (κ3) is 4.35. The fourth-order valence-electron chi connectivity index (χ4n) is 4.50. The summed E-state index contributed by atoms with van der Waals surface area (Å²) < 4.78 is 13.8. The number of carbonyl (C=O) groups excluding carboxylic acids is 1. The zero-order valence-electron chi connectivity index (χ0n) is 20.9. The van der Waals surface area contributed by atoms with E-state index in [1.54, 1.807) is 11.5 Å². The molecule has 6 nitrogen and oxygen atoms in total. The molecule has 0 spiro atoms. The molecule has 2 atom stereocenters. The maximum absolute atomic E-state index is 13.8. The molecular weight excluding hydrogens is 472 g/mol. The van der Waals surface area contributed by atoms with Gasteiger partial charge in [-0.2, -0.15) is 0 Å². The zero-order valence-corrected chi connectivity index (χ0v) is 21.8. The first-order valence-electron chi connectivity index (χ1n) is 12.0. The van der Waals surface area contributed by atoms with E-state index in [9.17, 15) is 9.59 Å². The van der Waals surface area contributed by atoms with E-state index in [-0.39, 0.29) is 17.8 Å². The molecule has 0 bridgehead atoms. The molecule has 0 radical (unpaired) electrons. The summed E-state index contributed by atoms with van der Waals surface area (Å²) in [6.07, 6.45) is 3.44. The van der Waals surface area contributed by atoms with E-state index in [1.807, 2.05) is 82.3 Å². The second-order valence-corrected chi connectivity index (χ2v) is 10.4. The Morgan fingerprint density at radius 1 is 1.14 bits per heavy atom. The van der Waals surface area contributed by atoms with Crippen LogP contribution < -0.4 is 19.6 Å². The van der Waals surface area contributed by atoms with Crippen molar-refractivity contribution in [1.82, 2.24) is 4.57 Å². The number of ether oxygens (including phenoxy) is 2. The molecule has 2 aliphatic rings. The average Bonchev–Trinajstić information content (AvgIpc) is 3.13. The minimum Gasteiger partial charge on any atom is -0.485 e. The van der Waals surface area contributed by atoms with Gasteiger partial charge in [0, 0.05) is 5.56 Å². The second kappa shape index (κ2) is 9.39. The molecule has 3 heterocycles. The Bertz CT molecular complexity index is 1590. The standard InChI is InChI=1S/C29H28N2O4S/c1-16(2)34-28(33)25-18(4)30-29-31(26(25)20-12-10-17(3)11-13-20)27(32)24(36-29)15-22-14-21-8-6-7-9-23(21)35-19(22)5/h6-16,19,26H,1-5H3. The van der Waals surface area contributed by atoms with E-state index in [1.165, 1.54) is 11.3 Å². The first-order chi connectivity index (χ1) is 17.2. The molecule has 2 aromatic carbocycles. The minimum atomic E-state index is -0.620. The van der Waals surface area contributed by atoms with E-state index >= 15 is 0 Å². The van der Waals surface area contributed by atoms with Crippen LogP contribution in [0.4, 0.5) is 0 Å². The van der Waals surface area contributed by atoms with Crippen molar-refractivity contribution in [2.75, 3.05) is 0 Å². The van der Waals surface area contributed by atoms with Crippen molar-refractivity contribution < 1.29 is 14.3 Å². The van der Waals surface area contributed by atoms with Crippen LogP contribution in [0.5, 0.6) is 5.75 Å². The summed E-state index contributed by atoms with van der Waals surface area (Å²) in [7, 11) is 0. The summed E-state index contributed by atoms with van der Waals surface area (Å²) in [6.45, 7) is 9.39. The lowest BCUT2D eigenvalue weighted by atomic mass is 9.95. The van der Waals surface area contributed by atoms with Crippen molar-refractivity contribution in [3.63, 3.8) is 0 Å². The first kappa shape index (κ1) is 24.0. The molecule has 0 saturated carbocycles.